The van der Waals surface area contributed by atoms with Gasteiger partial charge in [-0.2, -0.15) is 0 Å². The average molecular weight is 288 g/mol. The number of nitrogens with two attached hydrogens (primary N) is 1. The molecule has 2 aromatic heterocycles. The topological polar surface area (TPSA) is 69.1 Å². The van der Waals surface area contributed by atoms with Crippen molar-refractivity contribution in [3.8, 4) is 11.1 Å². The van der Waals surface area contributed by atoms with Gasteiger partial charge in [-0.25, -0.2) is 4.79 Å². The van der Waals surface area contributed by atoms with Crippen LogP contribution >= 0.6 is 0 Å². The number of hydrogen-bond acceptors (Lipinski definition) is 4. The molecule has 0 saturated carbocycles. The highest BCUT2D eigenvalue weighted by molar-refractivity contribution is 6.02. The van der Waals surface area contributed by atoms with Crippen LogP contribution in [0.3, 0.4) is 0 Å². The molecule has 2 aromatic carbocycles. The van der Waals surface area contributed by atoms with Crippen LogP contribution in [-0.2, 0) is 0 Å². The lowest BCUT2D eigenvalue weighted by Gasteiger charge is -2.05. The van der Waals surface area contributed by atoms with Crippen LogP contribution in [0, 0.1) is 0 Å². The lowest BCUT2D eigenvalue weighted by atomic mass is 10.0. The maximum atomic E-state index is 12.2. The monoisotopic (exact) mass is 288 g/mol. The number of para-hydroxylation sites is 1. The Morgan fingerprint density at radius 3 is 2.50 bits per heavy atom. The fraction of sp³-hybridized carbons (Fsp3) is 0. The highest BCUT2D eigenvalue weighted by Gasteiger charge is 2.09. The molecule has 0 spiro atoms. The second-order valence-corrected chi connectivity index (χ2v) is 5.13. The van der Waals surface area contributed by atoms with Gasteiger partial charge in [0.1, 0.15) is 5.58 Å². The van der Waals surface area contributed by atoms with Crippen molar-refractivity contribution in [1.29, 1.82) is 0 Å². The van der Waals surface area contributed by atoms with Gasteiger partial charge in [-0.3, -0.25) is 4.98 Å². The molecular weight excluding hydrogens is 276 g/mol. The van der Waals surface area contributed by atoms with Crippen LogP contribution in [0.15, 0.2) is 70.0 Å². The molecule has 2 heterocycles. The normalized spacial score (nSPS) is 11.1. The maximum Gasteiger partial charge on any atom is 0.345 e. The van der Waals surface area contributed by atoms with Crippen LogP contribution in [0.4, 0.5) is 5.69 Å². The number of aromatic nitrogens is 1. The molecule has 0 unspecified atom stereocenters. The molecule has 4 rings (SSSR count). The summed E-state index contributed by atoms with van der Waals surface area (Å²) in [6.07, 6.45) is 1.76. The minimum Gasteiger partial charge on any atom is -0.422 e. The van der Waals surface area contributed by atoms with Crippen molar-refractivity contribution >= 4 is 27.6 Å². The molecule has 106 valence electrons. The van der Waals surface area contributed by atoms with E-state index in [-0.39, 0.29) is 5.63 Å². The smallest absolute Gasteiger partial charge is 0.345 e. The van der Waals surface area contributed by atoms with E-state index in [1.165, 1.54) is 0 Å². The lowest BCUT2D eigenvalue weighted by molar-refractivity contribution is 0.569. The zero-order chi connectivity index (χ0) is 15.1. The van der Waals surface area contributed by atoms with Gasteiger partial charge in [-0.05, 0) is 35.9 Å². The second kappa shape index (κ2) is 4.70. The van der Waals surface area contributed by atoms with Crippen LogP contribution in [0.25, 0.3) is 33.0 Å². The summed E-state index contributed by atoms with van der Waals surface area (Å²) in [5.74, 6) is 0. The minimum atomic E-state index is -0.376. The highest BCUT2D eigenvalue weighted by Crippen LogP contribution is 2.26. The molecule has 0 atom stereocenters. The number of hydrogen-bond donors (Lipinski definition) is 1. The van der Waals surface area contributed by atoms with Gasteiger partial charge in [0.25, 0.3) is 0 Å². The van der Waals surface area contributed by atoms with Crippen LogP contribution in [0.2, 0.25) is 0 Å². The Labute approximate surface area is 125 Å². The Morgan fingerprint density at radius 1 is 0.909 bits per heavy atom. The minimum absolute atomic E-state index is 0.376. The Bertz CT molecular complexity index is 1050. The summed E-state index contributed by atoms with van der Waals surface area (Å²) in [6.45, 7) is 0. The van der Waals surface area contributed by atoms with Gasteiger partial charge in [0, 0.05) is 22.8 Å². The molecule has 0 aliphatic carbocycles. The molecule has 0 aliphatic rings. The zero-order valence-corrected chi connectivity index (χ0v) is 11.6. The van der Waals surface area contributed by atoms with E-state index in [9.17, 15) is 4.79 Å². The third kappa shape index (κ3) is 1.93. The van der Waals surface area contributed by atoms with Gasteiger partial charge < -0.3 is 10.2 Å². The maximum absolute atomic E-state index is 12.2. The first kappa shape index (κ1) is 12.6. The van der Waals surface area contributed by atoms with Crippen molar-refractivity contribution < 1.29 is 4.42 Å². The summed E-state index contributed by atoms with van der Waals surface area (Å²) in [5.41, 5.74) is 9.04. The van der Waals surface area contributed by atoms with Crippen molar-refractivity contribution in [2.24, 2.45) is 0 Å². The molecule has 0 saturated heterocycles. The van der Waals surface area contributed by atoms with Crippen molar-refractivity contribution in [2.75, 3.05) is 5.73 Å². The Hall–Kier alpha value is -3.14. The number of rotatable bonds is 1. The molecule has 4 aromatic rings. The standard InChI is InChI=1S/C18H12N2O2/c19-13-7-5-11(6-8-13)12-9-15-17(20-10-12)14-3-1-2-4-16(14)22-18(15)21/h1-10H,19H2. The van der Waals surface area contributed by atoms with Gasteiger partial charge in [0.15, 0.2) is 0 Å². The van der Waals surface area contributed by atoms with E-state index in [4.69, 9.17) is 10.2 Å². The van der Waals surface area contributed by atoms with Gasteiger partial charge in [-0.15, -0.1) is 0 Å². The van der Waals surface area contributed by atoms with Gasteiger partial charge in [0.2, 0.25) is 0 Å². The molecular formula is C18H12N2O2. The molecule has 0 aliphatic heterocycles. The van der Waals surface area contributed by atoms with Crippen LogP contribution < -0.4 is 11.4 Å². The van der Waals surface area contributed by atoms with Crippen LogP contribution in [0.1, 0.15) is 0 Å². The molecule has 0 bridgehead atoms. The van der Waals surface area contributed by atoms with Gasteiger partial charge in [0.05, 0.1) is 10.9 Å². The predicted molar refractivity (Wildman–Crippen MR) is 87.6 cm³/mol. The average Bonchev–Trinajstić information content (AvgIpc) is 2.55. The number of nitrogens with zero attached hydrogens (tertiary/aromatic N) is 1. The highest BCUT2D eigenvalue weighted by atomic mass is 16.4. The third-order valence-electron chi connectivity index (χ3n) is 3.70. The van der Waals surface area contributed by atoms with Crippen molar-refractivity contribution in [3.05, 3.63) is 71.2 Å². The lowest BCUT2D eigenvalue weighted by Crippen LogP contribution is -2.01. The van der Waals surface area contributed by atoms with Crippen molar-refractivity contribution in [2.45, 2.75) is 0 Å². The number of benzene rings is 2. The number of pyridine rings is 1. The molecule has 4 heteroatoms. The number of nitrogen functional groups attached to an aromatic ring is 1. The Kier molecular flexibility index (Phi) is 2.69. The molecule has 0 amide bonds. The molecule has 2 N–H and O–H groups in total. The van der Waals surface area contributed by atoms with E-state index in [1.807, 2.05) is 48.5 Å². The molecule has 0 fully saturated rings. The first-order valence-corrected chi connectivity index (χ1v) is 6.90. The van der Waals surface area contributed by atoms with E-state index < -0.39 is 0 Å². The van der Waals surface area contributed by atoms with E-state index in [1.54, 1.807) is 12.3 Å². The zero-order valence-electron chi connectivity index (χ0n) is 11.6. The Morgan fingerprint density at radius 2 is 1.68 bits per heavy atom. The molecule has 0 radical (unpaired) electrons. The SMILES string of the molecule is Nc1ccc(-c2cnc3c(c2)c(=O)oc2ccccc23)cc1. The fourth-order valence-corrected chi connectivity index (χ4v) is 2.57. The van der Waals surface area contributed by atoms with Gasteiger partial charge >= 0.3 is 5.63 Å². The summed E-state index contributed by atoms with van der Waals surface area (Å²) in [7, 11) is 0. The number of anilines is 1. The summed E-state index contributed by atoms with van der Waals surface area (Å²) in [4.78, 5) is 16.7. The van der Waals surface area contributed by atoms with E-state index in [2.05, 4.69) is 4.98 Å². The van der Waals surface area contributed by atoms with Crippen LogP contribution in [0.5, 0.6) is 0 Å². The van der Waals surface area contributed by atoms with Crippen molar-refractivity contribution in [1.82, 2.24) is 4.98 Å². The second-order valence-electron chi connectivity index (χ2n) is 5.13. The number of fused-ring (bicyclic) bond motifs is 3. The third-order valence-corrected chi connectivity index (χ3v) is 3.70. The largest absolute Gasteiger partial charge is 0.422 e. The van der Waals surface area contributed by atoms with E-state index >= 15 is 0 Å². The fourth-order valence-electron chi connectivity index (χ4n) is 2.57. The first-order valence-electron chi connectivity index (χ1n) is 6.90. The first-order chi connectivity index (χ1) is 10.7. The van der Waals surface area contributed by atoms with E-state index in [0.29, 0.717) is 22.2 Å². The summed E-state index contributed by atoms with van der Waals surface area (Å²) >= 11 is 0. The van der Waals surface area contributed by atoms with Crippen molar-refractivity contribution in [3.63, 3.8) is 0 Å². The molecule has 4 nitrogen and oxygen atoms in total. The van der Waals surface area contributed by atoms with Gasteiger partial charge in [-0.1, -0.05) is 24.3 Å². The van der Waals surface area contributed by atoms with E-state index in [0.717, 1.165) is 16.5 Å². The quantitative estimate of drug-likeness (QED) is 0.330. The molecule has 22 heavy (non-hydrogen) atoms. The van der Waals surface area contributed by atoms with Crippen LogP contribution in [-0.4, -0.2) is 4.98 Å². The predicted octanol–water partition coefficient (Wildman–Crippen LogP) is 3.59. The summed E-state index contributed by atoms with van der Waals surface area (Å²) in [5, 5.41) is 1.31. The summed E-state index contributed by atoms with van der Waals surface area (Å²) < 4.78 is 5.37. The summed E-state index contributed by atoms with van der Waals surface area (Å²) in [6, 6.07) is 16.7. The Balaban J connectivity index is 2.02.